The number of hydrogen-bond acceptors (Lipinski definition) is 8. The number of nitrogens with zero attached hydrogens (tertiary/aromatic N) is 3. The van der Waals surface area contributed by atoms with Gasteiger partial charge in [-0.2, -0.15) is 0 Å². The van der Waals surface area contributed by atoms with Gasteiger partial charge in [-0.05, 0) is 0 Å². The van der Waals surface area contributed by atoms with E-state index >= 15 is 0 Å². The Morgan fingerprint density at radius 1 is 1.32 bits per heavy atom. The van der Waals surface area contributed by atoms with Crippen molar-refractivity contribution in [2.75, 3.05) is 12.3 Å². The molecule has 0 saturated carbocycles. The second-order valence-corrected chi connectivity index (χ2v) is 4.33. The van der Waals surface area contributed by atoms with Crippen LogP contribution in [0.5, 0.6) is 0 Å². The lowest BCUT2D eigenvalue weighted by molar-refractivity contribution is -0.0251. The average molecular weight is 267 g/mol. The molecule has 0 amide bonds. The lowest BCUT2D eigenvalue weighted by Crippen LogP contribution is -2.32. The van der Waals surface area contributed by atoms with Gasteiger partial charge in [0, 0.05) is 0 Å². The van der Waals surface area contributed by atoms with E-state index in [4.69, 9.17) is 15.6 Å². The summed E-state index contributed by atoms with van der Waals surface area (Å²) in [6.45, 7) is -0.406. The van der Waals surface area contributed by atoms with Gasteiger partial charge in [-0.3, -0.25) is 0 Å². The predicted octanol–water partition coefficient (Wildman–Crippen LogP) is -1.91. The van der Waals surface area contributed by atoms with Crippen molar-refractivity contribution < 1.29 is 20.1 Å². The Balaban J connectivity index is 2.00. The van der Waals surface area contributed by atoms with Gasteiger partial charge in [0.15, 0.2) is 17.3 Å². The molecular formula is C10H13N5O4. The maximum absolute atomic E-state index is 9.89. The molecule has 102 valence electrons. The van der Waals surface area contributed by atoms with Gasteiger partial charge in [-0.25, -0.2) is 15.0 Å². The predicted molar refractivity (Wildman–Crippen MR) is 62.8 cm³/mol. The maximum atomic E-state index is 9.89. The number of hydrogen-bond donors (Lipinski definition) is 5. The van der Waals surface area contributed by atoms with E-state index in [9.17, 15) is 10.2 Å². The van der Waals surface area contributed by atoms with Crippen molar-refractivity contribution in [3.8, 4) is 0 Å². The Bertz CT molecular complexity index is 603. The maximum Gasteiger partial charge on any atom is 0.164 e. The molecule has 1 unspecified atom stereocenters. The van der Waals surface area contributed by atoms with Gasteiger partial charge in [-0.15, -0.1) is 0 Å². The van der Waals surface area contributed by atoms with Crippen molar-refractivity contribution in [3.63, 3.8) is 0 Å². The Morgan fingerprint density at radius 2 is 2.11 bits per heavy atom. The first kappa shape index (κ1) is 12.2. The number of nitrogen functional groups attached to an aromatic ring is 1. The van der Waals surface area contributed by atoms with Gasteiger partial charge in [-0.1, -0.05) is 0 Å². The minimum Gasteiger partial charge on any atom is -0.394 e. The zero-order chi connectivity index (χ0) is 13.6. The van der Waals surface area contributed by atoms with Crippen LogP contribution >= 0.6 is 0 Å². The van der Waals surface area contributed by atoms with Gasteiger partial charge in [0.25, 0.3) is 0 Å². The highest BCUT2D eigenvalue weighted by molar-refractivity contribution is 5.80. The summed E-state index contributed by atoms with van der Waals surface area (Å²) in [6, 6.07) is 0. The van der Waals surface area contributed by atoms with Crippen molar-refractivity contribution in [3.05, 3.63) is 12.2 Å². The Labute approximate surface area is 107 Å². The van der Waals surface area contributed by atoms with Crippen LogP contribution < -0.4 is 5.73 Å². The number of aliphatic hydroxyl groups excluding tert-OH is 3. The van der Waals surface area contributed by atoms with Gasteiger partial charge < -0.3 is 30.8 Å². The second-order valence-electron chi connectivity index (χ2n) is 4.33. The van der Waals surface area contributed by atoms with E-state index in [0.29, 0.717) is 11.2 Å². The monoisotopic (exact) mass is 267 g/mol. The van der Waals surface area contributed by atoms with Crippen LogP contribution in [0.3, 0.4) is 0 Å². The zero-order valence-electron chi connectivity index (χ0n) is 9.76. The van der Waals surface area contributed by atoms with Crippen molar-refractivity contribution in [1.82, 2.24) is 19.9 Å². The van der Waals surface area contributed by atoms with Gasteiger partial charge in [0.2, 0.25) is 0 Å². The van der Waals surface area contributed by atoms with E-state index in [-0.39, 0.29) is 11.6 Å². The van der Waals surface area contributed by atoms with Crippen LogP contribution in [0.1, 0.15) is 11.9 Å². The summed E-state index contributed by atoms with van der Waals surface area (Å²) in [7, 11) is 0. The number of anilines is 1. The van der Waals surface area contributed by atoms with Crippen LogP contribution in [0, 0.1) is 0 Å². The largest absolute Gasteiger partial charge is 0.394 e. The highest BCUT2D eigenvalue weighted by Gasteiger charge is 2.44. The Kier molecular flexibility index (Phi) is 2.82. The fourth-order valence-electron chi connectivity index (χ4n) is 2.12. The first-order valence-electron chi connectivity index (χ1n) is 5.70. The summed E-state index contributed by atoms with van der Waals surface area (Å²) in [5.41, 5.74) is 6.58. The molecule has 0 aliphatic carbocycles. The van der Waals surface area contributed by atoms with Crippen LogP contribution in [0.4, 0.5) is 5.82 Å². The third kappa shape index (κ3) is 1.83. The van der Waals surface area contributed by atoms with Crippen LogP contribution in [-0.2, 0) is 4.74 Å². The fraction of sp³-hybridized carbons (Fsp3) is 0.500. The number of aliphatic hydroxyl groups is 3. The number of aromatic amines is 1. The van der Waals surface area contributed by atoms with Crippen molar-refractivity contribution >= 4 is 17.0 Å². The molecule has 1 fully saturated rings. The van der Waals surface area contributed by atoms with Gasteiger partial charge in [0.05, 0.1) is 12.9 Å². The Morgan fingerprint density at radius 3 is 2.79 bits per heavy atom. The normalized spacial score (nSPS) is 31.1. The third-order valence-electron chi connectivity index (χ3n) is 3.12. The van der Waals surface area contributed by atoms with Crippen LogP contribution in [0.15, 0.2) is 6.33 Å². The number of H-pyrrole nitrogens is 1. The number of nitrogens with one attached hydrogen (secondary N) is 1. The summed E-state index contributed by atoms with van der Waals surface area (Å²) in [6.07, 6.45) is -2.81. The molecule has 0 spiro atoms. The van der Waals surface area contributed by atoms with Crippen LogP contribution in [0.25, 0.3) is 11.2 Å². The van der Waals surface area contributed by atoms with Crippen molar-refractivity contribution in [1.29, 1.82) is 0 Å². The molecule has 4 atom stereocenters. The third-order valence-corrected chi connectivity index (χ3v) is 3.12. The number of rotatable bonds is 2. The van der Waals surface area contributed by atoms with Gasteiger partial charge >= 0.3 is 0 Å². The quantitative estimate of drug-likeness (QED) is 0.423. The number of fused-ring (bicyclic) bond motifs is 1. The molecule has 0 aromatic carbocycles. The summed E-state index contributed by atoms with van der Waals surface area (Å²) in [4.78, 5) is 14.9. The second kappa shape index (κ2) is 4.38. The van der Waals surface area contributed by atoms with E-state index in [1.165, 1.54) is 6.33 Å². The summed E-state index contributed by atoms with van der Waals surface area (Å²) in [5, 5.41) is 28.6. The molecule has 9 heteroatoms. The molecule has 0 radical (unpaired) electrons. The molecule has 19 heavy (non-hydrogen) atoms. The molecular weight excluding hydrogens is 254 g/mol. The summed E-state index contributed by atoms with van der Waals surface area (Å²) >= 11 is 0. The van der Waals surface area contributed by atoms with Gasteiger partial charge in [0.1, 0.15) is 29.9 Å². The topological polar surface area (TPSA) is 150 Å². The molecule has 3 rings (SSSR count). The molecule has 1 aliphatic rings. The first-order chi connectivity index (χ1) is 9.11. The number of imidazole rings is 1. The average Bonchev–Trinajstić information content (AvgIpc) is 2.96. The van der Waals surface area contributed by atoms with E-state index in [2.05, 4.69) is 19.9 Å². The fourth-order valence-corrected chi connectivity index (χ4v) is 2.12. The summed E-state index contributed by atoms with van der Waals surface area (Å²) < 4.78 is 5.34. The van der Waals surface area contributed by atoms with E-state index in [0.717, 1.165) is 0 Å². The minimum absolute atomic E-state index is 0.136. The molecule has 0 bridgehead atoms. The standard InChI is InChI=1S/C10H13N5O4/c11-8-4-9(13-2-12-4)15-10(14-8)7-6(18)5(17)3(1-16)19-7/h2-3,5-7,16-18H,1H2,(H3,11,12,13,14,15)/t3-,5-,6-,7?/m1/s1. The molecule has 3 heterocycles. The molecule has 1 saturated heterocycles. The zero-order valence-corrected chi connectivity index (χ0v) is 9.76. The van der Waals surface area contributed by atoms with E-state index < -0.39 is 31.0 Å². The molecule has 9 nitrogen and oxygen atoms in total. The first-order valence-corrected chi connectivity index (χ1v) is 5.70. The van der Waals surface area contributed by atoms with E-state index in [1.54, 1.807) is 0 Å². The molecule has 6 N–H and O–H groups in total. The smallest absolute Gasteiger partial charge is 0.164 e. The Hall–Kier alpha value is -1.81. The van der Waals surface area contributed by atoms with E-state index in [1.807, 2.05) is 0 Å². The number of ether oxygens (including phenoxy) is 1. The van der Waals surface area contributed by atoms with Crippen molar-refractivity contribution in [2.45, 2.75) is 24.4 Å². The molecule has 1 aliphatic heterocycles. The molecule has 2 aromatic heterocycles. The summed E-state index contributed by atoms with van der Waals surface area (Å²) in [5.74, 6) is 0.288. The van der Waals surface area contributed by atoms with Crippen molar-refractivity contribution in [2.24, 2.45) is 0 Å². The number of nitrogens with two attached hydrogens (primary N) is 1. The lowest BCUT2D eigenvalue weighted by atomic mass is 10.1. The highest BCUT2D eigenvalue weighted by Crippen LogP contribution is 2.32. The van der Waals surface area contributed by atoms with Crippen LogP contribution in [-0.4, -0.2) is 60.2 Å². The number of aromatic nitrogens is 4. The SMILES string of the molecule is Nc1nc(C2O[C@H](CO)[C@@H](O)[C@H]2O)nc2[nH]cnc12. The van der Waals surface area contributed by atoms with Crippen LogP contribution in [0.2, 0.25) is 0 Å². The lowest BCUT2D eigenvalue weighted by Gasteiger charge is -2.13. The highest BCUT2D eigenvalue weighted by atomic mass is 16.6. The molecule has 2 aromatic rings. The minimum atomic E-state index is -1.23.